The average Bonchev–Trinajstić information content (AvgIpc) is 2.81. The average molecular weight is 462 g/mol. The summed E-state index contributed by atoms with van der Waals surface area (Å²) in [5, 5.41) is 3.63. The second kappa shape index (κ2) is 11.3. The Balaban J connectivity index is 1.29. The van der Waals surface area contributed by atoms with Crippen LogP contribution in [0.5, 0.6) is 0 Å². The number of carbonyl (C=O) groups excluding carboxylic acids is 2. The summed E-state index contributed by atoms with van der Waals surface area (Å²) in [5.41, 5.74) is 0.992. The van der Waals surface area contributed by atoms with Crippen LogP contribution >= 0.6 is 0 Å². The second-order valence-corrected chi connectivity index (χ2v) is 10.8. The summed E-state index contributed by atoms with van der Waals surface area (Å²) in [4.78, 5) is 29.6. The first kappa shape index (κ1) is 24.7. The maximum absolute atomic E-state index is 13.1. The van der Waals surface area contributed by atoms with Crippen LogP contribution in [0.2, 0.25) is 0 Å². The van der Waals surface area contributed by atoms with Crippen LogP contribution in [0.3, 0.4) is 0 Å². The van der Waals surface area contributed by atoms with Gasteiger partial charge in [0.2, 0.25) is 5.91 Å². The molecule has 4 rings (SSSR count). The Hall–Kier alpha value is -1.44. The molecule has 1 aliphatic carbocycles. The first-order chi connectivity index (χ1) is 15.9. The molecule has 0 bridgehead atoms. The number of piperazine rings is 1. The highest BCUT2D eigenvalue weighted by molar-refractivity contribution is 5.76. The minimum absolute atomic E-state index is 0.0167. The molecule has 6 unspecified atom stereocenters. The molecule has 0 aromatic heterocycles. The number of amides is 1. The van der Waals surface area contributed by atoms with Crippen molar-refractivity contribution in [3.8, 4) is 0 Å². The van der Waals surface area contributed by atoms with Crippen molar-refractivity contribution in [1.82, 2.24) is 15.1 Å². The molecule has 0 aromatic carbocycles. The predicted octanol–water partition coefficient (Wildman–Crippen LogP) is 2.95. The number of nitrogens with zero attached hydrogens (tertiary/aromatic N) is 2. The van der Waals surface area contributed by atoms with E-state index >= 15 is 0 Å². The molecule has 4 aliphatic rings. The van der Waals surface area contributed by atoms with E-state index in [4.69, 9.17) is 9.47 Å². The third kappa shape index (κ3) is 6.37. The van der Waals surface area contributed by atoms with E-state index in [-0.39, 0.29) is 24.1 Å². The smallest absolute Gasteiger partial charge is 0.306 e. The monoisotopic (exact) mass is 461 g/mol. The predicted molar refractivity (Wildman–Crippen MR) is 127 cm³/mol. The zero-order chi connectivity index (χ0) is 23.4. The highest BCUT2D eigenvalue weighted by Crippen LogP contribution is 2.43. The van der Waals surface area contributed by atoms with Crippen molar-refractivity contribution in [2.24, 2.45) is 17.8 Å². The summed E-state index contributed by atoms with van der Waals surface area (Å²) in [7, 11) is 0. The SMILES string of the molecule is C=C(C)COC1CC2OC(=O)CC(C)C2CC1CCC(=O)N1CCN(C2CCCCN2)CC1. The van der Waals surface area contributed by atoms with Crippen molar-refractivity contribution in [2.45, 2.75) is 83.6 Å². The lowest BCUT2D eigenvalue weighted by Crippen LogP contribution is -2.56. The Morgan fingerprint density at radius 1 is 1.21 bits per heavy atom. The zero-order valence-corrected chi connectivity index (χ0v) is 20.6. The van der Waals surface area contributed by atoms with E-state index in [1.807, 2.05) is 6.92 Å². The van der Waals surface area contributed by atoms with Crippen LogP contribution in [-0.2, 0) is 19.1 Å². The van der Waals surface area contributed by atoms with Gasteiger partial charge in [-0.2, -0.15) is 0 Å². The van der Waals surface area contributed by atoms with Crippen LogP contribution < -0.4 is 5.32 Å². The van der Waals surface area contributed by atoms with E-state index in [0.29, 0.717) is 43.4 Å². The Labute approximate surface area is 199 Å². The van der Waals surface area contributed by atoms with Gasteiger partial charge < -0.3 is 19.7 Å². The third-order valence-corrected chi connectivity index (χ3v) is 8.21. The fraction of sp³-hybridized carbons (Fsp3) is 0.846. The number of ether oxygens (including phenoxy) is 2. The standard InChI is InChI=1S/C26H43N3O4/c1-18(2)17-32-22-16-23-21(19(3)14-26(31)33-23)15-20(22)7-8-25(30)29-12-10-28(11-13-29)24-6-4-5-9-27-24/h19-24,27H,1,4-17H2,2-3H3. The first-order valence-corrected chi connectivity index (χ1v) is 13.1. The van der Waals surface area contributed by atoms with Gasteiger partial charge in [-0.1, -0.05) is 19.1 Å². The van der Waals surface area contributed by atoms with Crippen molar-refractivity contribution in [1.29, 1.82) is 0 Å². The van der Waals surface area contributed by atoms with E-state index in [9.17, 15) is 9.59 Å². The molecule has 0 radical (unpaired) electrons. The van der Waals surface area contributed by atoms with Crippen LogP contribution in [-0.4, -0.2) is 79.4 Å². The maximum atomic E-state index is 13.1. The Kier molecular flexibility index (Phi) is 8.47. The molecule has 0 aromatic rings. The van der Waals surface area contributed by atoms with E-state index in [2.05, 4.69) is 28.6 Å². The van der Waals surface area contributed by atoms with Crippen LogP contribution in [0.25, 0.3) is 0 Å². The first-order valence-electron chi connectivity index (χ1n) is 13.1. The van der Waals surface area contributed by atoms with Gasteiger partial charge in [-0.15, -0.1) is 0 Å². The third-order valence-electron chi connectivity index (χ3n) is 8.21. The van der Waals surface area contributed by atoms with Gasteiger partial charge in [-0.3, -0.25) is 14.5 Å². The molecule has 3 heterocycles. The number of hydrogen-bond acceptors (Lipinski definition) is 6. The van der Waals surface area contributed by atoms with Gasteiger partial charge in [-0.05, 0) is 63.3 Å². The molecular formula is C26H43N3O4. The van der Waals surface area contributed by atoms with Crippen LogP contribution in [0, 0.1) is 17.8 Å². The molecule has 1 saturated carbocycles. The summed E-state index contributed by atoms with van der Waals surface area (Å²) in [6, 6.07) is 0. The van der Waals surface area contributed by atoms with Gasteiger partial charge in [0, 0.05) is 45.4 Å². The van der Waals surface area contributed by atoms with Crippen molar-refractivity contribution in [3.05, 3.63) is 12.2 Å². The van der Waals surface area contributed by atoms with Crippen molar-refractivity contribution >= 4 is 11.9 Å². The summed E-state index contributed by atoms with van der Waals surface area (Å²) in [5.74, 6) is 1.22. The Morgan fingerprint density at radius 3 is 2.70 bits per heavy atom. The van der Waals surface area contributed by atoms with Gasteiger partial charge in [0.05, 0.1) is 18.9 Å². The fourth-order valence-electron chi connectivity index (χ4n) is 6.27. The highest BCUT2D eigenvalue weighted by Gasteiger charge is 2.45. The highest BCUT2D eigenvalue weighted by atomic mass is 16.5. The molecule has 4 fully saturated rings. The number of fused-ring (bicyclic) bond motifs is 1. The number of piperidine rings is 1. The van der Waals surface area contributed by atoms with Gasteiger partial charge in [0.1, 0.15) is 6.10 Å². The van der Waals surface area contributed by atoms with Gasteiger partial charge >= 0.3 is 5.97 Å². The van der Waals surface area contributed by atoms with Crippen molar-refractivity contribution < 1.29 is 19.1 Å². The molecular weight excluding hydrogens is 418 g/mol. The van der Waals surface area contributed by atoms with E-state index in [1.165, 1.54) is 19.3 Å². The molecule has 33 heavy (non-hydrogen) atoms. The maximum Gasteiger partial charge on any atom is 0.306 e. The number of hydrogen-bond donors (Lipinski definition) is 1. The van der Waals surface area contributed by atoms with E-state index in [0.717, 1.165) is 57.6 Å². The van der Waals surface area contributed by atoms with Crippen molar-refractivity contribution in [2.75, 3.05) is 39.3 Å². The lowest BCUT2D eigenvalue weighted by Gasteiger charge is -2.45. The molecule has 6 atom stereocenters. The quantitative estimate of drug-likeness (QED) is 0.464. The Bertz CT molecular complexity index is 700. The summed E-state index contributed by atoms with van der Waals surface area (Å²) in [6.07, 6.45) is 7.87. The van der Waals surface area contributed by atoms with Crippen LogP contribution in [0.15, 0.2) is 12.2 Å². The molecule has 3 saturated heterocycles. The largest absolute Gasteiger partial charge is 0.462 e. The van der Waals surface area contributed by atoms with Crippen LogP contribution in [0.1, 0.15) is 65.2 Å². The van der Waals surface area contributed by atoms with Crippen molar-refractivity contribution in [3.63, 3.8) is 0 Å². The summed E-state index contributed by atoms with van der Waals surface area (Å²) < 4.78 is 11.9. The van der Waals surface area contributed by atoms with E-state index in [1.54, 1.807) is 0 Å². The van der Waals surface area contributed by atoms with Crippen LogP contribution in [0.4, 0.5) is 0 Å². The molecule has 3 aliphatic heterocycles. The second-order valence-electron chi connectivity index (χ2n) is 10.8. The molecule has 7 heteroatoms. The minimum Gasteiger partial charge on any atom is -0.462 e. The lowest BCUT2D eigenvalue weighted by molar-refractivity contribution is -0.175. The zero-order valence-electron chi connectivity index (χ0n) is 20.6. The lowest BCUT2D eigenvalue weighted by atomic mass is 9.69. The molecule has 7 nitrogen and oxygen atoms in total. The number of esters is 1. The van der Waals surface area contributed by atoms with Gasteiger partial charge in [0.15, 0.2) is 0 Å². The topological polar surface area (TPSA) is 71.1 Å². The number of nitrogens with one attached hydrogen (secondary N) is 1. The molecule has 186 valence electrons. The molecule has 1 N–H and O–H groups in total. The summed E-state index contributed by atoms with van der Waals surface area (Å²) in [6.45, 7) is 13.3. The number of carbonyl (C=O) groups is 2. The summed E-state index contributed by atoms with van der Waals surface area (Å²) >= 11 is 0. The molecule has 0 spiro atoms. The molecule has 1 amide bonds. The van der Waals surface area contributed by atoms with E-state index < -0.39 is 0 Å². The normalized spacial score (nSPS) is 35.6. The Morgan fingerprint density at radius 2 is 2.00 bits per heavy atom. The van der Waals surface area contributed by atoms with Gasteiger partial charge in [-0.25, -0.2) is 0 Å². The number of rotatable bonds is 7. The van der Waals surface area contributed by atoms with Gasteiger partial charge in [0.25, 0.3) is 0 Å². The fourth-order valence-corrected chi connectivity index (χ4v) is 6.27. The minimum atomic E-state index is -0.0846.